The van der Waals surface area contributed by atoms with Gasteiger partial charge in [-0.2, -0.15) is 0 Å². The number of pyridine rings is 1. The second kappa shape index (κ2) is 3.41. The molecule has 0 unspecified atom stereocenters. The van der Waals surface area contributed by atoms with Crippen molar-refractivity contribution in [3.8, 4) is 11.1 Å². The van der Waals surface area contributed by atoms with Crippen LogP contribution in [-0.2, 0) is 0 Å². The van der Waals surface area contributed by atoms with Crippen molar-refractivity contribution in [1.82, 2.24) is 15.0 Å². The highest BCUT2D eigenvalue weighted by Crippen LogP contribution is 2.17. The third kappa shape index (κ3) is 1.69. The molecule has 0 aromatic carbocycles. The van der Waals surface area contributed by atoms with Crippen LogP contribution in [0.5, 0.6) is 0 Å². The van der Waals surface area contributed by atoms with Gasteiger partial charge in [0.05, 0.1) is 0 Å². The van der Waals surface area contributed by atoms with E-state index in [1.54, 1.807) is 18.6 Å². The van der Waals surface area contributed by atoms with Crippen molar-refractivity contribution in [1.29, 1.82) is 0 Å². The molecule has 0 aliphatic carbocycles. The molecule has 2 rings (SSSR count). The minimum absolute atomic E-state index is 0.286. The van der Waals surface area contributed by atoms with Gasteiger partial charge in [-0.05, 0) is 18.6 Å². The van der Waals surface area contributed by atoms with Crippen LogP contribution in [0.25, 0.3) is 11.1 Å². The first kappa shape index (κ1) is 8.62. The van der Waals surface area contributed by atoms with Gasteiger partial charge in [0.1, 0.15) is 0 Å². The lowest BCUT2D eigenvalue weighted by Crippen LogP contribution is -1.93. The van der Waals surface area contributed by atoms with Gasteiger partial charge in [0.15, 0.2) is 0 Å². The van der Waals surface area contributed by atoms with E-state index in [1.165, 1.54) is 0 Å². The van der Waals surface area contributed by atoms with Crippen molar-refractivity contribution in [2.75, 3.05) is 5.73 Å². The molecule has 2 heterocycles. The van der Waals surface area contributed by atoms with Gasteiger partial charge in [-0.15, -0.1) is 0 Å². The molecule has 0 aliphatic rings. The lowest BCUT2D eigenvalue weighted by atomic mass is 10.1. The number of aromatic nitrogens is 3. The second-order valence-electron chi connectivity index (χ2n) is 3.08. The summed E-state index contributed by atoms with van der Waals surface area (Å²) in [6.45, 7) is 1.99. The summed E-state index contributed by atoms with van der Waals surface area (Å²) in [6, 6.07) is 2.03. The summed E-state index contributed by atoms with van der Waals surface area (Å²) in [5, 5.41) is 0. The van der Waals surface area contributed by atoms with Gasteiger partial charge in [0.2, 0.25) is 5.95 Å². The molecule has 0 radical (unpaired) electrons. The number of nitrogen functional groups attached to an aromatic ring is 1. The van der Waals surface area contributed by atoms with Crippen LogP contribution < -0.4 is 5.73 Å². The maximum absolute atomic E-state index is 5.40. The Morgan fingerprint density at radius 1 is 1.00 bits per heavy atom. The SMILES string of the molecule is Cc1cncc(-c2cnc(N)nc2)c1. The van der Waals surface area contributed by atoms with Crippen LogP contribution in [0, 0.1) is 6.92 Å². The Hall–Kier alpha value is -1.97. The molecule has 0 bridgehead atoms. The molecule has 2 aromatic rings. The molecule has 2 aromatic heterocycles. The van der Waals surface area contributed by atoms with Gasteiger partial charge in [-0.25, -0.2) is 9.97 Å². The maximum atomic E-state index is 5.40. The monoisotopic (exact) mass is 186 g/mol. The van der Waals surface area contributed by atoms with Gasteiger partial charge < -0.3 is 5.73 Å². The van der Waals surface area contributed by atoms with Gasteiger partial charge in [-0.1, -0.05) is 0 Å². The number of anilines is 1. The quantitative estimate of drug-likeness (QED) is 0.731. The van der Waals surface area contributed by atoms with Crippen LogP contribution in [0.3, 0.4) is 0 Å². The molecule has 2 N–H and O–H groups in total. The first-order chi connectivity index (χ1) is 6.75. The molecule has 0 fully saturated rings. The summed E-state index contributed by atoms with van der Waals surface area (Å²) in [5.74, 6) is 0.286. The molecule has 0 saturated carbocycles. The Morgan fingerprint density at radius 2 is 1.71 bits per heavy atom. The number of hydrogen-bond acceptors (Lipinski definition) is 4. The number of rotatable bonds is 1. The van der Waals surface area contributed by atoms with Gasteiger partial charge in [0, 0.05) is 35.9 Å². The van der Waals surface area contributed by atoms with Crippen molar-refractivity contribution >= 4 is 5.95 Å². The van der Waals surface area contributed by atoms with E-state index in [0.29, 0.717) is 0 Å². The molecule has 4 heteroatoms. The first-order valence-electron chi connectivity index (χ1n) is 4.25. The predicted molar refractivity (Wildman–Crippen MR) is 54.4 cm³/mol. The number of nitrogens with zero attached hydrogens (tertiary/aromatic N) is 3. The van der Waals surface area contributed by atoms with Crippen LogP contribution in [0.15, 0.2) is 30.9 Å². The highest BCUT2D eigenvalue weighted by Gasteiger charge is 1.99. The summed E-state index contributed by atoms with van der Waals surface area (Å²) in [7, 11) is 0. The van der Waals surface area contributed by atoms with E-state index in [4.69, 9.17) is 5.73 Å². The number of aryl methyl sites for hydroxylation is 1. The molecule has 0 spiro atoms. The molecule has 0 atom stereocenters. The normalized spacial score (nSPS) is 10.1. The largest absolute Gasteiger partial charge is 0.368 e. The van der Waals surface area contributed by atoms with Gasteiger partial charge in [0.25, 0.3) is 0 Å². The lowest BCUT2D eigenvalue weighted by Gasteiger charge is -2.00. The Bertz CT molecular complexity index is 436. The molecular weight excluding hydrogens is 176 g/mol. The predicted octanol–water partition coefficient (Wildman–Crippen LogP) is 1.43. The third-order valence-electron chi connectivity index (χ3n) is 1.88. The van der Waals surface area contributed by atoms with E-state index in [9.17, 15) is 0 Å². The zero-order chi connectivity index (χ0) is 9.97. The maximum Gasteiger partial charge on any atom is 0.219 e. The molecule has 70 valence electrons. The van der Waals surface area contributed by atoms with E-state index in [0.717, 1.165) is 16.7 Å². The van der Waals surface area contributed by atoms with Crippen LogP contribution in [0.2, 0.25) is 0 Å². The summed E-state index contributed by atoms with van der Waals surface area (Å²) < 4.78 is 0. The van der Waals surface area contributed by atoms with Crippen molar-refractivity contribution in [2.45, 2.75) is 6.92 Å². The van der Waals surface area contributed by atoms with E-state index < -0.39 is 0 Å². The fourth-order valence-electron chi connectivity index (χ4n) is 1.20. The molecule has 0 amide bonds. The summed E-state index contributed by atoms with van der Waals surface area (Å²) in [5.41, 5.74) is 8.44. The van der Waals surface area contributed by atoms with E-state index in [-0.39, 0.29) is 5.95 Å². The number of hydrogen-bond donors (Lipinski definition) is 1. The Balaban J connectivity index is 2.44. The number of nitrogens with two attached hydrogens (primary N) is 1. The molecule has 4 nitrogen and oxygen atoms in total. The lowest BCUT2D eigenvalue weighted by molar-refractivity contribution is 1.18. The van der Waals surface area contributed by atoms with Crippen molar-refractivity contribution in [3.63, 3.8) is 0 Å². The average molecular weight is 186 g/mol. The topological polar surface area (TPSA) is 64.7 Å². The fraction of sp³-hybridized carbons (Fsp3) is 0.100. The molecular formula is C10H10N4. The van der Waals surface area contributed by atoms with E-state index >= 15 is 0 Å². The highest BCUT2D eigenvalue weighted by molar-refractivity contribution is 5.61. The zero-order valence-electron chi connectivity index (χ0n) is 7.81. The standard InChI is InChI=1S/C10H10N4/c1-7-2-8(4-12-3-7)9-5-13-10(11)14-6-9/h2-6H,1H3,(H2,11,13,14). The van der Waals surface area contributed by atoms with E-state index in [2.05, 4.69) is 15.0 Å². The van der Waals surface area contributed by atoms with Crippen LogP contribution in [0.1, 0.15) is 5.56 Å². The Kier molecular flexibility index (Phi) is 2.10. The molecule has 14 heavy (non-hydrogen) atoms. The average Bonchev–Trinajstić information content (AvgIpc) is 2.19. The molecule has 0 saturated heterocycles. The van der Waals surface area contributed by atoms with Crippen LogP contribution in [-0.4, -0.2) is 15.0 Å². The Labute approximate surface area is 81.9 Å². The first-order valence-corrected chi connectivity index (χ1v) is 4.25. The zero-order valence-corrected chi connectivity index (χ0v) is 7.81. The molecule has 0 aliphatic heterocycles. The minimum Gasteiger partial charge on any atom is -0.368 e. The van der Waals surface area contributed by atoms with Crippen LogP contribution in [0.4, 0.5) is 5.95 Å². The van der Waals surface area contributed by atoms with Crippen molar-refractivity contribution in [3.05, 3.63) is 36.4 Å². The Morgan fingerprint density at radius 3 is 2.36 bits per heavy atom. The van der Waals surface area contributed by atoms with Gasteiger partial charge in [-0.3, -0.25) is 4.98 Å². The summed E-state index contributed by atoms with van der Waals surface area (Å²) in [4.78, 5) is 11.9. The van der Waals surface area contributed by atoms with Gasteiger partial charge >= 0.3 is 0 Å². The summed E-state index contributed by atoms with van der Waals surface area (Å²) in [6.07, 6.45) is 6.97. The van der Waals surface area contributed by atoms with Crippen molar-refractivity contribution < 1.29 is 0 Å². The second-order valence-corrected chi connectivity index (χ2v) is 3.08. The smallest absolute Gasteiger partial charge is 0.219 e. The van der Waals surface area contributed by atoms with E-state index in [1.807, 2.05) is 19.2 Å². The van der Waals surface area contributed by atoms with Crippen LogP contribution >= 0.6 is 0 Å². The van der Waals surface area contributed by atoms with Crippen molar-refractivity contribution in [2.24, 2.45) is 0 Å². The summed E-state index contributed by atoms with van der Waals surface area (Å²) >= 11 is 0. The fourth-order valence-corrected chi connectivity index (χ4v) is 1.20. The third-order valence-corrected chi connectivity index (χ3v) is 1.88. The minimum atomic E-state index is 0.286. The highest BCUT2D eigenvalue weighted by atomic mass is 15.0.